The van der Waals surface area contributed by atoms with Gasteiger partial charge in [-0.25, -0.2) is 0 Å². The molecule has 0 spiro atoms. The summed E-state index contributed by atoms with van der Waals surface area (Å²) in [5, 5.41) is 0. The Hall–Kier alpha value is -0.610. The molecule has 0 radical (unpaired) electrons. The molecule has 0 aromatic carbocycles. The highest BCUT2D eigenvalue weighted by molar-refractivity contribution is 5.83. The molecule has 4 heteroatoms. The van der Waals surface area contributed by atoms with Crippen LogP contribution in [0, 0.1) is 11.3 Å². The summed E-state index contributed by atoms with van der Waals surface area (Å²) >= 11 is 0. The van der Waals surface area contributed by atoms with Crippen molar-refractivity contribution in [2.75, 3.05) is 26.3 Å². The first kappa shape index (κ1) is 14.8. The van der Waals surface area contributed by atoms with Crippen molar-refractivity contribution in [2.45, 2.75) is 52.0 Å². The molecule has 0 saturated carbocycles. The minimum absolute atomic E-state index is 0.158. The van der Waals surface area contributed by atoms with E-state index in [9.17, 15) is 4.79 Å². The third-order valence-electron chi connectivity index (χ3n) is 4.84. The normalized spacial score (nSPS) is 36.3. The van der Waals surface area contributed by atoms with E-state index < -0.39 is 5.41 Å². The van der Waals surface area contributed by atoms with Gasteiger partial charge in [-0.15, -0.1) is 0 Å². The van der Waals surface area contributed by atoms with Crippen molar-refractivity contribution in [1.82, 2.24) is 4.90 Å². The molecule has 0 bridgehead atoms. The van der Waals surface area contributed by atoms with E-state index in [4.69, 9.17) is 10.5 Å². The van der Waals surface area contributed by atoms with E-state index in [-0.39, 0.29) is 11.9 Å². The molecule has 2 saturated heterocycles. The molecule has 3 atom stereocenters. The summed E-state index contributed by atoms with van der Waals surface area (Å²) in [5.41, 5.74) is 5.55. The van der Waals surface area contributed by atoms with Crippen LogP contribution in [0.4, 0.5) is 0 Å². The molecule has 0 aromatic rings. The number of rotatable bonds is 3. The van der Waals surface area contributed by atoms with Crippen molar-refractivity contribution < 1.29 is 9.53 Å². The van der Waals surface area contributed by atoms with E-state index in [0.717, 1.165) is 31.8 Å². The highest BCUT2D eigenvalue weighted by atomic mass is 16.5. The van der Waals surface area contributed by atoms with Gasteiger partial charge in [0.05, 0.1) is 18.6 Å². The molecule has 2 aliphatic rings. The third-order valence-corrected chi connectivity index (χ3v) is 4.84. The summed E-state index contributed by atoms with van der Waals surface area (Å²) in [6.45, 7) is 6.97. The second-order valence-corrected chi connectivity index (χ2v) is 6.42. The Morgan fingerprint density at radius 3 is 2.84 bits per heavy atom. The number of hydrogen-bond donors (Lipinski definition) is 1. The van der Waals surface area contributed by atoms with E-state index in [1.807, 2.05) is 11.8 Å². The number of likely N-dealkylation sites (tertiary alicyclic amines) is 1. The fraction of sp³-hybridized carbons (Fsp3) is 0.933. The first-order valence-electron chi connectivity index (χ1n) is 7.70. The summed E-state index contributed by atoms with van der Waals surface area (Å²) < 4.78 is 5.40. The first-order chi connectivity index (χ1) is 9.08. The maximum Gasteiger partial charge on any atom is 0.232 e. The highest BCUT2D eigenvalue weighted by Gasteiger charge is 2.46. The van der Waals surface area contributed by atoms with E-state index >= 15 is 0 Å². The van der Waals surface area contributed by atoms with E-state index in [0.29, 0.717) is 13.2 Å². The molecule has 110 valence electrons. The Morgan fingerprint density at radius 1 is 1.42 bits per heavy atom. The molecule has 1 amide bonds. The van der Waals surface area contributed by atoms with Gasteiger partial charge in [-0.1, -0.05) is 19.8 Å². The number of nitrogens with zero attached hydrogens (tertiary/aromatic N) is 1. The predicted molar refractivity (Wildman–Crippen MR) is 75.7 cm³/mol. The maximum absolute atomic E-state index is 12.7. The van der Waals surface area contributed by atoms with Crippen molar-refractivity contribution in [2.24, 2.45) is 17.1 Å². The molecule has 0 aliphatic carbocycles. The zero-order chi connectivity index (χ0) is 13.9. The zero-order valence-corrected chi connectivity index (χ0v) is 12.4. The maximum atomic E-state index is 12.7. The number of carbonyl (C=O) groups is 1. The van der Waals surface area contributed by atoms with E-state index in [1.165, 1.54) is 19.3 Å². The summed E-state index contributed by atoms with van der Waals surface area (Å²) in [4.78, 5) is 14.7. The largest absolute Gasteiger partial charge is 0.379 e. The van der Waals surface area contributed by atoms with Crippen LogP contribution < -0.4 is 5.73 Å². The van der Waals surface area contributed by atoms with Crippen LogP contribution in [-0.2, 0) is 9.53 Å². The topological polar surface area (TPSA) is 55.6 Å². The van der Waals surface area contributed by atoms with Gasteiger partial charge in [-0.05, 0) is 32.1 Å². The van der Waals surface area contributed by atoms with Gasteiger partial charge in [0.2, 0.25) is 5.91 Å². The minimum atomic E-state index is -0.509. The third kappa shape index (κ3) is 3.11. The van der Waals surface area contributed by atoms with Crippen LogP contribution in [0.25, 0.3) is 0 Å². The Bertz CT molecular complexity index is 321. The van der Waals surface area contributed by atoms with Gasteiger partial charge >= 0.3 is 0 Å². The van der Waals surface area contributed by atoms with Gasteiger partial charge < -0.3 is 15.4 Å². The van der Waals surface area contributed by atoms with Gasteiger partial charge in [0, 0.05) is 19.1 Å². The Balaban J connectivity index is 1.96. The van der Waals surface area contributed by atoms with Crippen molar-refractivity contribution in [3.05, 3.63) is 0 Å². The fourth-order valence-corrected chi connectivity index (χ4v) is 3.34. The van der Waals surface area contributed by atoms with Crippen molar-refractivity contribution in [3.63, 3.8) is 0 Å². The summed E-state index contributed by atoms with van der Waals surface area (Å²) in [6.07, 6.45) is 6.07. The molecule has 19 heavy (non-hydrogen) atoms. The van der Waals surface area contributed by atoms with Gasteiger partial charge in [0.1, 0.15) is 0 Å². The number of carbonyl (C=O) groups excluding carboxylic acids is 1. The molecule has 2 heterocycles. The standard InChI is InChI=1S/C15H28N2O2/c1-3-5-12-6-4-8-17(9-7-12)14(18)15(2)11-19-10-13(15)16/h12-13H,3-11,16H2,1-2H3. The number of hydrogen-bond acceptors (Lipinski definition) is 3. The SMILES string of the molecule is CCCC1CCCN(C(=O)C2(C)COCC2N)CC1. The zero-order valence-electron chi connectivity index (χ0n) is 12.4. The summed E-state index contributed by atoms with van der Waals surface area (Å²) in [6, 6.07) is -0.158. The lowest BCUT2D eigenvalue weighted by Gasteiger charge is -2.32. The molecule has 2 fully saturated rings. The number of ether oxygens (including phenoxy) is 1. The van der Waals surface area contributed by atoms with Crippen LogP contribution in [0.5, 0.6) is 0 Å². The van der Waals surface area contributed by atoms with E-state index in [1.54, 1.807) is 0 Å². The Kier molecular flexibility index (Phi) is 4.85. The lowest BCUT2D eigenvalue weighted by molar-refractivity contribution is -0.141. The van der Waals surface area contributed by atoms with Crippen LogP contribution in [0.15, 0.2) is 0 Å². The van der Waals surface area contributed by atoms with Gasteiger partial charge in [-0.2, -0.15) is 0 Å². The van der Waals surface area contributed by atoms with Crippen LogP contribution in [0.2, 0.25) is 0 Å². The molecule has 2 rings (SSSR count). The molecule has 4 nitrogen and oxygen atoms in total. The Morgan fingerprint density at radius 2 is 2.21 bits per heavy atom. The fourth-order valence-electron chi connectivity index (χ4n) is 3.34. The van der Waals surface area contributed by atoms with Crippen LogP contribution in [-0.4, -0.2) is 43.2 Å². The number of amides is 1. The average Bonchev–Trinajstić information content (AvgIpc) is 2.62. The van der Waals surface area contributed by atoms with Crippen LogP contribution in [0.1, 0.15) is 46.0 Å². The monoisotopic (exact) mass is 268 g/mol. The van der Waals surface area contributed by atoms with Crippen molar-refractivity contribution in [1.29, 1.82) is 0 Å². The lowest BCUT2D eigenvalue weighted by Crippen LogP contribution is -2.51. The van der Waals surface area contributed by atoms with Crippen LogP contribution >= 0.6 is 0 Å². The summed E-state index contributed by atoms with van der Waals surface area (Å²) in [7, 11) is 0. The smallest absolute Gasteiger partial charge is 0.232 e. The molecule has 2 aliphatic heterocycles. The van der Waals surface area contributed by atoms with Gasteiger partial charge in [0.25, 0.3) is 0 Å². The molecular formula is C15H28N2O2. The second-order valence-electron chi connectivity index (χ2n) is 6.42. The quantitative estimate of drug-likeness (QED) is 0.849. The van der Waals surface area contributed by atoms with Crippen molar-refractivity contribution >= 4 is 5.91 Å². The van der Waals surface area contributed by atoms with E-state index in [2.05, 4.69) is 6.92 Å². The lowest BCUT2D eigenvalue weighted by atomic mass is 9.84. The highest BCUT2D eigenvalue weighted by Crippen LogP contribution is 2.31. The van der Waals surface area contributed by atoms with Crippen molar-refractivity contribution in [3.8, 4) is 0 Å². The average molecular weight is 268 g/mol. The number of nitrogens with two attached hydrogens (primary N) is 1. The second kappa shape index (κ2) is 6.23. The molecular weight excluding hydrogens is 240 g/mol. The van der Waals surface area contributed by atoms with Gasteiger partial charge in [-0.3, -0.25) is 4.79 Å². The molecule has 2 N–H and O–H groups in total. The van der Waals surface area contributed by atoms with Gasteiger partial charge in [0.15, 0.2) is 0 Å². The Labute approximate surface area is 116 Å². The predicted octanol–water partition coefficient (Wildman–Crippen LogP) is 1.78. The first-order valence-corrected chi connectivity index (χ1v) is 7.70. The molecule has 3 unspecified atom stereocenters. The summed E-state index contributed by atoms with van der Waals surface area (Å²) in [5.74, 6) is 0.999. The molecule has 0 aromatic heterocycles. The minimum Gasteiger partial charge on any atom is -0.379 e. The van der Waals surface area contributed by atoms with Crippen LogP contribution in [0.3, 0.4) is 0 Å².